The van der Waals surface area contributed by atoms with Crippen molar-refractivity contribution in [1.82, 2.24) is 5.32 Å². The molecule has 1 aromatic rings. The van der Waals surface area contributed by atoms with Crippen molar-refractivity contribution >= 4 is 17.3 Å². The second kappa shape index (κ2) is 8.24. The predicted octanol–water partition coefficient (Wildman–Crippen LogP) is 2.00. The Hall–Kier alpha value is -1.91. The van der Waals surface area contributed by atoms with Gasteiger partial charge in [0.1, 0.15) is 5.75 Å². The number of hydrogen-bond acceptors (Lipinski definition) is 4. The fourth-order valence-electron chi connectivity index (χ4n) is 1.54. The molecule has 106 valence electrons. The summed E-state index contributed by atoms with van der Waals surface area (Å²) in [5.74, 6) is 0.613. The lowest BCUT2D eigenvalue weighted by Gasteiger charge is -2.13. The van der Waals surface area contributed by atoms with E-state index in [2.05, 4.69) is 10.6 Å². The minimum atomic E-state index is -0.0406. The molecule has 5 nitrogen and oxygen atoms in total. The number of rotatable bonds is 8. The van der Waals surface area contributed by atoms with Gasteiger partial charge in [0.2, 0.25) is 5.91 Å². The highest BCUT2D eigenvalue weighted by molar-refractivity contribution is 5.83. The number of carbonyl (C=O) groups excluding carboxylic acids is 1. The third-order valence-electron chi connectivity index (χ3n) is 2.54. The number of carbonyl (C=O) groups is 1. The summed E-state index contributed by atoms with van der Waals surface area (Å²) in [5, 5.41) is 5.82. The molecular weight excluding hydrogens is 242 g/mol. The van der Waals surface area contributed by atoms with Gasteiger partial charge in [-0.3, -0.25) is 4.79 Å². The highest BCUT2D eigenvalue weighted by Gasteiger charge is 2.07. The van der Waals surface area contributed by atoms with Crippen LogP contribution in [0.4, 0.5) is 11.4 Å². The van der Waals surface area contributed by atoms with Crippen molar-refractivity contribution < 1.29 is 9.53 Å². The maximum absolute atomic E-state index is 11.5. The molecule has 0 aromatic heterocycles. The Balaban J connectivity index is 2.56. The highest BCUT2D eigenvalue weighted by Crippen LogP contribution is 2.29. The van der Waals surface area contributed by atoms with Crippen LogP contribution >= 0.6 is 0 Å². The first kappa shape index (κ1) is 15.1. The Bertz CT molecular complexity index is 408. The summed E-state index contributed by atoms with van der Waals surface area (Å²) in [5.41, 5.74) is 7.25. The van der Waals surface area contributed by atoms with E-state index in [1.165, 1.54) is 0 Å². The molecule has 0 saturated heterocycles. The van der Waals surface area contributed by atoms with Crippen LogP contribution in [0.1, 0.15) is 26.7 Å². The molecule has 0 fully saturated rings. The first-order valence-electron chi connectivity index (χ1n) is 6.70. The van der Waals surface area contributed by atoms with Crippen molar-refractivity contribution in [3.8, 4) is 5.75 Å². The van der Waals surface area contributed by atoms with E-state index in [9.17, 15) is 4.79 Å². The average molecular weight is 265 g/mol. The number of nitrogens with one attached hydrogen (secondary N) is 2. The van der Waals surface area contributed by atoms with Crippen LogP contribution in [-0.4, -0.2) is 25.6 Å². The maximum Gasteiger partial charge on any atom is 0.239 e. The molecule has 0 aliphatic rings. The Morgan fingerprint density at radius 1 is 1.32 bits per heavy atom. The van der Waals surface area contributed by atoms with Crippen LogP contribution in [0.3, 0.4) is 0 Å². The Labute approximate surface area is 114 Å². The molecule has 0 unspecified atom stereocenters. The zero-order chi connectivity index (χ0) is 14.1. The Morgan fingerprint density at radius 3 is 2.79 bits per heavy atom. The van der Waals surface area contributed by atoms with Crippen molar-refractivity contribution in [3.63, 3.8) is 0 Å². The monoisotopic (exact) mass is 265 g/mol. The summed E-state index contributed by atoms with van der Waals surface area (Å²) in [7, 11) is 0. The quantitative estimate of drug-likeness (QED) is 0.628. The van der Waals surface area contributed by atoms with Crippen LogP contribution in [-0.2, 0) is 4.79 Å². The van der Waals surface area contributed by atoms with Gasteiger partial charge < -0.3 is 21.1 Å². The van der Waals surface area contributed by atoms with Gasteiger partial charge in [0.15, 0.2) is 0 Å². The van der Waals surface area contributed by atoms with Gasteiger partial charge in [-0.2, -0.15) is 0 Å². The average Bonchev–Trinajstić information content (AvgIpc) is 2.42. The van der Waals surface area contributed by atoms with Gasteiger partial charge >= 0.3 is 0 Å². The summed E-state index contributed by atoms with van der Waals surface area (Å²) < 4.78 is 5.53. The molecule has 0 atom stereocenters. The molecule has 4 N–H and O–H groups in total. The predicted molar refractivity (Wildman–Crippen MR) is 78.4 cm³/mol. The molecule has 0 radical (unpaired) electrons. The summed E-state index contributed by atoms with van der Waals surface area (Å²) in [6.07, 6.45) is 1.85. The van der Waals surface area contributed by atoms with E-state index in [-0.39, 0.29) is 12.5 Å². The lowest BCUT2D eigenvalue weighted by atomic mass is 10.2. The number of amides is 1. The molecule has 0 aliphatic heterocycles. The minimum absolute atomic E-state index is 0.0406. The third-order valence-corrected chi connectivity index (χ3v) is 2.54. The van der Waals surface area contributed by atoms with E-state index in [1.54, 1.807) is 0 Å². The van der Waals surface area contributed by atoms with E-state index in [0.717, 1.165) is 18.5 Å². The van der Waals surface area contributed by atoms with Crippen LogP contribution in [0, 0.1) is 0 Å². The van der Waals surface area contributed by atoms with Crippen LogP contribution in [0.5, 0.6) is 5.75 Å². The van der Waals surface area contributed by atoms with Gasteiger partial charge in [0.05, 0.1) is 24.5 Å². The SMILES string of the molecule is CCCNC(=O)CNc1cccc(OCCC)c1N. The molecule has 0 saturated carbocycles. The van der Waals surface area contributed by atoms with E-state index in [0.29, 0.717) is 24.6 Å². The lowest BCUT2D eigenvalue weighted by Crippen LogP contribution is -2.30. The molecule has 1 aromatic carbocycles. The molecule has 0 aliphatic carbocycles. The zero-order valence-corrected chi connectivity index (χ0v) is 11.7. The molecule has 0 heterocycles. The van der Waals surface area contributed by atoms with E-state index in [1.807, 2.05) is 32.0 Å². The van der Waals surface area contributed by atoms with Crippen LogP contribution in [0.2, 0.25) is 0 Å². The van der Waals surface area contributed by atoms with Gasteiger partial charge in [-0.25, -0.2) is 0 Å². The normalized spacial score (nSPS) is 10.0. The topological polar surface area (TPSA) is 76.4 Å². The fraction of sp³-hybridized carbons (Fsp3) is 0.500. The number of benzene rings is 1. The molecule has 0 bridgehead atoms. The zero-order valence-electron chi connectivity index (χ0n) is 11.7. The summed E-state index contributed by atoms with van der Waals surface area (Å²) >= 11 is 0. The first-order chi connectivity index (χ1) is 9.19. The molecule has 1 amide bonds. The molecule has 0 spiro atoms. The van der Waals surface area contributed by atoms with Gasteiger partial charge in [0, 0.05) is 6.54 Å². The Morgan fingerprint density at radius 2 is 2.11 bits per heavy atom. The van der Waals surface area contributed by atoms with Crippen molar-refractivity contribution in [2.24, 2.45) is 0 Å². The number of para-hydroxylation sites is 1. The van der Waals surface area contributed by atoms with Crippen LogP contribution < -0.4 is 21.1 Å². The minimum Gasteiger partial charge on any atom is -0.491 e. The molecule has 19 heavy (non-hydrogen) atoms. The molecule has 1 rings (SSSR count). The van der Waals surface area contributed by atoms with E-state index >= 15 is 0 Å². The van der Waals surface area contributed by atoms with Crippen molar-refractivity contribution in [2.45, 2.75) is 26.7 Å². The summed E-state index contributed by atoms with van der Waals surface area (Å²) in [6.45, 7) is 5.58. The van der Waals surface area contributed by atoms with E-state index < -0.39 is 0 Å². The van der Waals surface area contributed by atoms with Crippen LogP contribution in [0.15, 0.2) is 18.2 Å². The third kappa shape index (κ3) is 5.07. The standard InChI is InChI=1S/C14H23N3O2/c1-3-8-16-13(18)10-17-11-6-5-7-12(14(11)15)19-9-4-2/h5-7,17H,3-4,8-10,15H2,1-2H3,(H,16,18). The largest absolute Gasteiger partial charge is 0.491 e. The number of nitrogen functional groups attached to an aromatic ring is 1. The van der Waals surface area contributed by atoms with Crippen LogP contribution in [0.25, 0.3) is 0 Å². The first-order valence-corrected chi connectivity index (χ1v) is 6.70. The smallest absolute Gasteiger partial charge is 0.239 e. The summed E-state index contributed by atoms with van der Waals surface area (Å²) in [6, 6.07) is 5.52. The lowest BCUT2D eigenvalue weighted by molar-refractivity contribution is -0.119. The van der Waals surface area contributed by atoms with Gasteiger partial charge in [-0.1, -0.05) is 19.9 Å². The maximum atomic E-state index is 11.5. The number of ether oxygens (including phenoxy) is 1. The second-order valence-electron chi connectivity index (χ2n) is 4.27. The van der Waals surface area contributed by atoms with Crippen molar-refractivity contribution in [3.05, 3.63) is 18.2 Å². The highest BCUT2D eigenvalue weighted by atomic mass is 16.5. The van der Waals surface area contributed by atoms with Gasteiger partial charge in [-0.05, 0) is 25.0 Å². The molecular formula is C14H23N3O2. The Kier molecular flexibility index (Phi) is 6.57. The summed E-state index contributed by atoms with van der Waals surface area (Å²) in [4.78, 5) is 11.5. The van der Waals surface area contributed by atoms with E-state index in [4.69, 9.17) is 10.5 Å². The second-order valence-corrected chi connectivity index (χ2v) is 4.27. The number of nitrogens with two attached hydrogens (primary N) is 1. The van der Waals surface area contributed by atoms with Gasteiger partial charge in [-0.15, -0.1) is 0 Å². The van der Waals surface area contributed by atoms with Gasteiger partial charge in [0.25, 0.3) is 0 Å². The number of anilines is 2. The fourth-order valence-corrected chi connectivity index (χ4v) is 1.54. The number of hydrogen-bond donors (Lipinski definition) is 3. The van der Waals surface area contributed by atoms with Crippen molar-refractivity contribution in [1.29, 1.82) is 0 Å². The molecule has 5 heteroatoms. The van der Waals surface area contributed by atoms with Crippen molar-refractivity contribution in [2.75, 3.05) is 30.7 Å².